The van der Waals surface area contributed by atoms with Crippen LogP contribution in [0.15, 0.2) is 18.2 Å². The monoisotopic (exact) mass is 292 g/mol. The first-order chi connectivity index (χ1) is 9.45. The van der Waals surface area contributed by atoms with E-state index in [0.717, 1.165) is 34.5 Å². The minimum absolute atomic E-state index is 0.480. The van der Waals surface area contributed by atoms with Crippen LogP contribution in [0, 0.1) is 13.8 Å². The second-order valence-electron chi connectivity index (χ2n) is 5.21. The Hall–Kier alpha value is -1.32. The first-order valence-electron chi connectivity index (χ1n) is 6.90. The molecular weight excluding hydrogens is 272 g/mol. The Balaban J connectivity index is 2.33. The van der Waals surface area contributed by atoms with Gasteiger partial charge in [-0.05, 0) is 37.0 Å². The Morgan fingerprint density at radius 1 is 1.30 bits per heavy atom. The molecule has 0 radical (unpaired) electrons. The lowest BCUT2D eigenvalue weighted by molar-refractivity contribution is 0.174. The van der Waals surface area contributed by atoms with E-state index in [9.17, 15) is 5.11 Å². The molecule has 4 heteroatoms. The van der Waals surface area contributed by atoms with Gasteiger partial charge in [-0.1, -0.05) is 36.7 Å². The first-order valence-corrected chi connectivity index (χ1v) is 7.27. The van der Waals surface area contributed by atoms with E-state index in [2.05, 4.69) is 5.10 Å². The molecule has 1 N–H and O–H groups in total. The second-order valence-corrected chi connectivity index (χ2v) is 5.59. The average molecular weight is 293 g/mol. The van der Waals surface area contributed by atoms with Crippen molar-refractivity contribution in [3.05, 3.63) is 51.3 Å². The number of aromatic nitrogens is 2. The molecule has 0 saturated heterocycles. The molecule has 1 aromatic heterocycles. The number of rotatable bonds is 4. The Kier molecular flexibility index (Phi) is 4.51. The normalized spacial score (nSPS) is 12.7. The minimum Gasteiger partial charge on any atom is -0.388 e. The van der Waals surface area contributed by atoms with Gasteiger partial charge in [-0.2, -0.15) is 5.10 Å². The van der Waals surface area contributed by atoms with Gasteiger partial charge < -0.3 is 5.11 Å². The fourth-order valence-corrected chi connectivity index (χ4v) is 3.05. The summed E-state index contributed by atoms with van der Waals surface area (Å²) in [5.74, 6) is 0. The number of hydrogen-bond acceptors (Lipinski definition) is 2. The Morgan fingerprint density at radius 2 is 1.90 bits per heavy atom. The summed E-state index contributed by atoms with van der Waals surface area (Å²) in [5, 5.41) is 15.6. The summed E-state index contributed by atoms with van der Waals surface area (Å²) in [6.45, 7) is 6.07. The maximum atomic E-state index is 10.6. The minimum atomic E-state index is -0.561. The van der Waals surface area contributed by atoms with Gasteiger partial charge in [0.05, 0.1) is 22.5 Å². The predicted octanol–water partition coefficient (Wildman–Crippen LogP) is 3.53. The molecule has 0 amide bonds. The maximum absolute atomic E-state index is 10.6. The zero-order valence-electron chi connectivity index (χ0n) is 12.4. The van der Waals surface area contributed by atoms with Crippen LogP contribution in [0.3, 0.4) is 0 Å². The van der Waals surface area contributed by atoms with Crippen molar-refractivity contribution < 1.29 is 5.11 Å². The molecule has 0 aliphatic carbocycles. The Labute approximate surface area is 125 Å². The van der Waals surface area contributed by atoms with Crippen LogP contribution in [-0.2, 0) is 19.9 Å². The van der Waals surface area contributed by atoms with Gasteiger partial charge in [0, 0.05) is 13.5 Å². The summed E-state index contributed by atoms with van der Waals surface area (Å²) in [5.41, 5.74) is 4.97. The number of nitrogens with zero attached hydrogens (tertiary/aromatic N) is 2. The highest BCUT2D eigenvalue weighted by atomic mass is 35.5. The van der Waals surface area contributed by atoms with Crippen molar-refractivity contribution in [2.75, 3.05) is 0 Å². The molecule has 108 valence electrons. The lowest BCUT2D eigenvalue weighted by atomic mass is 9.95. The van der Waals surface area contributed by atoms with E-state index in [0.29, 0.717) is 11.4 Å². The zero-order chi connectivity index (χ0) is 14.9. The molecule has 0 bridgehead atoms. The van der Waals surface area contributed by atoms with Crippen molar-refractivity contribution >= 4 is 11.6 Å². The summed E-state index contributed by atoms with van der Waals surface area (Å²) >= 11 is 6.35. The van der Waals surface area contributed by atoms with Gasteiger partial charge in [-0.25, -0.2) is 0 Å². The van der Waals surface area contributed by atoms with E-state index in [1.807, 2.05) is 46.0 Å². The lowest BCUT2D eigenvalue weighted by Gasteiger charge is -2.16. The molecule has 3 nitrogen and oxygen atoms in total. The van der Waals surface area contributed by atoms with Gasteiger partial charge in [0.2, 0.25) is 0 Å². The topological polar surface area (TPSA) is 38.0 Å². The molecule has 0 aliphatic rings. The van der Waals surface area contributed by atoms with E-state index >= 15 is 0 Å². The molecule has 2 rings (SSSR count). The highest BCUT2D eigenvalue weighted by Gasteiger charge is 2.19. The van der Waals surface area contributed by atoms with Crippen LogP contribution in [0.4, 0.5) is 0 Å². The second kappa shape index (κ2) is 5.98. The largest absolute Gasteiger partial charge is 0.388 e. The van der Waals surface area contributed by atoms with Gasteiger partial charge in [-0.15, -0.1) is 0 Å². The van der Waals surface area contributed by atoms with Crippen LogP contribution in [-0.4, -0.2) is 14.9 Å². The van der Waals surface area contributed by atoms with Crippen LogP contribution in [0.1, 0.15) is 41.1 Å². The lowest BCUT2D eigenvalue weighted by Crippen LogP contribution is -2.09. The molecule has 0 saturated carbocycles. The van der Waals surface area contributed by atoms with Crippen molar-refractivity contribution in [1.82, 2.24) is 9.78 Å². The van der Waals surface area contributed by atoms with Crippen molar-refractivity contribution in [3.63, 3.8) is 0 Å². The van der Waals surface area contributed by atoms with E-state index in [4.69, 9.17) is 11.6 Å². The predicted molar refractivity (Wildman–Crippen MR) is 82.2 cm³/mol. The molecule has 2 aromatic rings. The Bertz CT molecular complexity index is 599. The van der Waals surface area contributed by atoms with Crippen molar-refractivity contribution in [2.45, 2.75) is 39.7 Å². The van der Waals surface area contributed by atoms with E-state index < -0.39 is 6.10 Å². The quantitative estimate of drug-likeness (QED) is 0.936. The van der Waals surface area contributed by atoms with Crippen LogP contribution >= 0.6 is 11.6 Å². The van der Waals surface area contributed by atoms with E-state index in [-0.39, 0.29) is 0 Å². The fourth-order valence-electron chi connectivity index (χ4n) is 2.68. The third kappa shape index (κ3) is 2.74. The van der Waals surface area contributed by atoms with Gasteiger partial charge in [0.1, 0.15) is 0 Å². The summed E-state index contributed by atoms with van der Waals surface area (Å²) in [6, 6.07) is 6.05. The zero-order valence-corrected chi connectivity index (χ0v) is 13.2. The third-order valence-electron chi connectivity index (χ3n) is 3.77. The van der Waals surface area contributed by atoms with Crippen molar-refractivity contribution in [2.24, 2.45) is 7.05 Å². The van der Waals surface area contributed by atoms with Crippen LogP contribution in [0.2, 0.25) is 5.02 Å². The highest BCUT2D eigenvalue weighted by Crippen LogP contribution is 2.29. The van der Waals surface area contributed by atoms with Crippen molar-refractivity contribution in [1.29, 1.82) is 0 Å². The van der Waals surface area contributed by atoms with Crippen molar-refractivity contribution in [3.8, 4) is 0 Å². The number of halogens is 1. The van der Waals surface area contributed by atoms with E-state index in [1.54, 1.807) is 4.68 Å². The van der Waals surface area contributed by atoms with Crippen LogP contribution in [0.25, 0.3) is 0 Å². The smallest absolute Gasteiger partial charge is 0.0850 e. The standard InChI is InChI=1S/C16H21ClN2O/c1-5-12-16(17)13(19(4)18-12)9-14(20)15-10(2)7-6-8-11(15)3/h6-8,14,20H,5,9H2,1-4H3. The van der Waals surface area contributed by atoms with Gasteiger partial charge in [0.25, 0.3) is 0 Å². The molecule has 1 atom stereocenters. The SMILES string of the molecule is CCc1nn(C)c(CC(O)c2c(C)cccc2C)c1Cl. The van der Waals surface area contributed by atoms with Gasteiger partial charge >= 0.3 is 0 Å². The van der Waals surface area contributed by atoms with Gasteiger partial charge in [-0.3, -0.25) is 4.68 Å². The molecular formula is C16H21ClN2O. The average Bonchev–Trinajstić information content (AvgIpc) is 2.66. The molecule has 1 heterocycles. The molecule has 0 fully saturated rings. The first kappa shape index (κ1) is 15.1. The maximum Gasteiger partial charge on any atom is 0.0850 e. The summed E-state index contributed by atoms with van der Waals surface area (Å²) in [7, 11) is 1.87. The number of benzene rings is 1. The van der Waals surface area contributed by atoms with Crippen LogP contribution < -0.4 is 0 Å². The van der Waals surface area contributed by atoms with E-state index in [1.165, 1.54) is 0 Å². The number of hydrogen-bond donors (Lipinski definition) is 1. The third-order valence-corrected chi connectivity index (χ3v) is 4.20. The summed E-state index contributed by atoms with van der Waals surface area (Å²) < 4.78 is 1.78. The number of aliphatic hydroxyl groups excluding tert-OH is 1. The number of aryl methyl sites for hydroxylation is 4. The summed E-state index contributed by atoms with van der Waals surface area (Å²) in [6.07, 6.45) is 0.717. The van der Waals surface area contributed by atoms with Gasteiger partial charge in [0.15, 0.2) is 0 Å². The molecule has 1 aromatic carbocycles. The van der Waals surface area contributed by atoms with Crippen LogP contribution in [0.5, 0.6) is 0 Å². The highest BCUT2D eigenvalue weighted by molar-refractivity contribution is 6.31. The Morgan fingerprint density at radius 3 is 2.40 bits per heavy atom. The molecule has 1 unspecified atom stereocenters. The molecule has 0 spiro atoms. The summed E-state index contributed by atoms with van der Waals surface area (Å²) in [4.78, 5) is 0. The molecule has 20 heavy (non-hydrogen) atoms. The molecule has 0 aliphatic heterocycles. The fraction of sp³-hybridized carbons (Fsp3) is 0.438. The number of aliphatic hydroxyl groups is 1.